The van der Waals surface area contributed by atoms with Gasteiger partial charge in [0, 0.05) is 0 Å². The number of aromatic nitrogens is 1. The molecule has 2 N–H and O–H groups in total. The van der Waals surface area contributed by atoms with Gasteiger partial charge in [0.05, 0.1) is 4.53 Å². The second-order valence-corrected chi connectivity index (χ2v) is 6.08. The Hall–Kier alpha value is -2.08. The number of rotatable bonds is 3. The van der Waals surface area contributed by atoms with Gasteiger partial charge in [-0.2, -0.15) is 4.68 Å². The first-order chi connectivity index (χ1) is 10.2. The molecule has 0 fully saturated rings. The van der Waals surface area contributed by atoms with Crippen LogP contribution in [0.4, 0.5) is 0 Å². The fourth-order valence-electron chi connectivity index (χ4n) is 2.31. The van der Waals surface area contributed by atoms with Gasteiger partial charge in [-0.25, -0.2) is 0 Å². The summed E-state index contributed by atoms with van der Waals surface area (Å²) in [5.41, 5.74) is 7.04. The van der Waals surface area contributed by atoms with Gasteiger partial charge >= 0.3 is 0 Å². The minimum absolute atomic E-state index is 0.0459. The number of benzene rings is 1. The topological polar surface area (TPSA) is 58.4 Å². The Balaban J connectivity index is 2.09. The highest BCUT2D eigenvalue weighted by Crippen LogP contribution is 2.13. The molecule has 3 rings (SSSR count). The lowest BCUT2D eigenvalue weighted by atomic mass is 10.1. The molecule has 0 saturated heterocycles. The number of nitrogens with one attached hydrogen (secondary N) is 2. The SMILES string of the molecule is CCC1(CC)NN=c2s/c(=C\c3ccccc3)c(=O)n2N1. The van der Waals surface area contributed by atoms with Crippen molar-refractivity contribution in [1.82, 2.24) is 10.1 Å². The monoisotopic (exact) mass is 302 g/mol. The van der Waals surface area contributed by atoms with Crippen LogP contribution in [0.1, 0.15) is 32.3 Å². The highest BCUT2D eigenvalue weighted by atomic mass is 32.1. The molecule has 0 spiro atoms. The zero-order valence-electron chi connectivity index (χ0n) is 12.1. The largest absolute Gasteiger partial charge is 0.294 e. The predicted octanol–water partition coefficient (Wildman–Crippen LogP) is 0.936. The summed E-state index contributed by atoms with van der Waals surface area (Å²) >= 11 is 1.38. The Morgan fingerprint density at radius 1 is 1.29 bits per heavy atom. The normalized spacial score (nSPS) is 16.6. The summed E-state index contributed by atoms with van der Waals surface area (Å²) in [5, 5.41) is 4.36. The van der Waals surface area contributed by atoms with Gasteiger partial charge in [-0.3, -0.25) is 15.6 Å². The van der Waals surface area contributed by atoms with Crippen molar-refractivity contribution in [2.75, 3.05) is 5.43 Å². The van der Waals surface area contributed by atoms with Crippen LogP contribution in [0.15, 0.2) is 40.2 Å². The van der Waals surface area contributed by atoms with Crippen LogP contribution in [-0.2, 0) is 0 Å². The lowest BCUT2D eigenvalue weighted by Crippen LogP contribution is -2.60. The molecule has 1 aromatic heterocycles. The number of hydrogen-bond acceptors (Lipinski definition) is 5. The zero-order chi connectivity index (χ0) is 14.9. The maximum absolute atomic E-state index is 12.5. The summed E-state index contributed by atoms with van der Waals surface area (Å²) in [6.45, 7) is 4.14. The molecule has 1 aromatic carbocycles. The molecule has 0 amide bonds. The van der Waals surface area contributed by atoms with E-state index in [0.717, 1.165) is 18.4 Å². The third-order valence-corrected chi connectivity index (χ3v) is 4.77. The molecular weight excluding hydrogens is 284 g/mol. The minimum Gasteiger partial charge on any atom is -0.294 e. The second-order valence-electron chi connectivity index (χ2n) is 5.07. The third-order valence-electron chi connectivity index (χ3n) is 3.80. The zero-order valence-corrected chi connectivity index (χ0v) is 12.9. The van der Waals surface area contributed by atoms with Gasteiger partial charge in [0.15, 0.2) is 0 Å². The number of nitrogens with zero attached hydrogens (tertiary/aromatic N) is 2. The summed E-state index contributed by atoms with van der Waals surface area (Å²) in [6.07, 6.45) is 3.58. The molecule has 0 atom stereocenters. The van der Waals surface area contributed by atoms with E-state index in [2.05, 4.69) is 29.8 Å². The summed E-state index contributed by atoms with van der Waals surface area (Å²) in [5.74, 6) is 0. The predicted molar refractivity (Wildman–Crippen MR) is 85.2 cm³/mol. The van der Waals surface area contributed by atoms with Gasteiger partial charge in [-0.1, -0.05) is 55.5 Å². The van der Waals surface area contributed by atoms with Crippen molar-refractivity contribution in [1.29, 1.82) is 0 Å². The summed E-state index contributed by atoms with van der Waals surface area (Å²) < 4.78 is 2.24. The minimum atomic E-state index is -0.345. The van der Waals surface area contributed by atoms with Crippen molar-refractivity contribution in [3.05, 3.63) is 55.6 Å². The van der Waals surface area contributed by atoms with Crippen molar-refractivity contribution in [2.45, 2.75) is 32.4 Å². The second kappa shape index (κ2) is 5.37. The van der Waals surface area contributed by atoms with E-state index in [9.17, 15) is 4.79 Å². The summed E-state index contributed by atoms with van der Waals surface area (Å²) in [7, 11) is 0. The van der Waals surface area contributed by atoms with Crippen molar-refractivity contribution in [2.24, 2.45) is 5.10 Å². The quantitative estimate of drug-likeness (QED) is 0.887. The Bertz CT molecular complexity index is 802. The highest BCUT2D eigenvalue weighted by molar-refractivity contribution is 7.07. The van der Waals surface area contributed by atoms with E-state index >= 15 is 0 Å². The summed E-state index contributed by atoms with van der Waals surface area (Å²) in [4.78, 5) is 13.2. The van der Waals surface area contributed by atoms with Gasteiger partial charge in [0.2, 0.25) is 4.80 Å². The smallest absolute Gasteiger partial charge is 0.289 e. The third kappa shape index (κ3) is 2.47. The fraction of sp³-hybridized carbons (Fsp3) is 0.333. The number of thiazole rings is 1. The highest BCUT2D eigenvalue weighted by Gasteiger charge is 2.29. The fourth-order valence-corrected chi connectivity index (χ4v) is 3.19. The first-order valence-corrected chi connectivity index (χ1v) is 7.91. The van der Waals surface area contributed by atoms with Crippen LogP contribution in [0, 0.1) is 0 Å². The molecule has 6 heteroatoms. The van der Waals surface area contributed by atoms with Crippen LogP contribution >= 0.6 is 11.3 Å². The Labute approximate surface area is 126 Å². The van der Waals surface area contributed by atoms with Crippen LogP contribution in [0.2, 0.25) is 0 Å². The molecule has 1 aliphatic heterocycles. The van der Waals surface area contributed by atoms with Gasteiger partial charge in [-0.15, -0.1) is 5.10 Å². The molecule has 0 bridgehead atoms. The molecular formula is C15H18N4OS. The number of hydrogen-bond donors (Lipinski definition) is 2. The molecule has 2 aromatic rings. The molecule has 0 saturated carbocycles. The Kier molecular flexibility index (Phi) is 3.55. The van der Waals surface area contributed by atoms with Crippen LogP contribution in [0.25, 0.3) is 6.08 Å². The first-order valence-electron chi connectivity index (χ1n) is 7.09. The molecule has 0 radical (unpaired) electrons. The van der Waals surface area contributed by atoms with Gasteiger partial charge < -0.3 is 0 Å². The van der Waals surface area contributed by atoms with Crippen molar-refractivity contribution in [3.8, 4) is 0 Å². The molecule has 2 heterocycles. The van der Waals surface area contributed by atoms with E-state index in [4.69, 9.17) is 0 Å². The standard InChI is InChI=1S/C15H18N4OS/c1-3-15(4-2)17-16-14-19(18-15)13(20)12(21-14)10-11-8-6-5-7-9-11/h5-10,17-18H,3-4H2,1-2H3/b12-10-. The lowest BCUT2D eigenvalue weighted by Gasteiger charge is -2.35. The van der Waals surface area contributed by atoms with E-state index in [1.165, 1.54) is 11.3 Å². The Morgan fingerprint density at radius 2 is 2.00 bits per heavy atom. The van der Waals surface area contributed by atoms with Crippen molar-refractivity contribution in [3.63, 3.8) is 0 Å². The maximum atomic E-state index is 12.5. The van der Waals surface area contributed by atoms with E-state index in [-0.39, 0.29) is 11.2 Å². The van der Waals surface area contributed by atoms with E-state index in [1.54, 1.807) is 4.68 Å². The molecule has 0 unspecified atom stereocenters. The molecule has 5 nitrogen and oxygen atoms in total. The van der Waals surface area contributed by atoms with Crippen LogP contribution < -0.4 is 25.7 Å². The molecule has 1 aliphatic rings. The number of fused-ring (bicyclic) bond motifs is 1. The van der Waals surface area contributed by atoms with Crippen LogP contribution in [0.5, 0.6) is 0 Å². The van der Waals surface area contributed by atoms with Gasteiger partial charge in [0.1, 0.15) is 5.66 Å². The van der Waals surface area contributed by atoms with E-state index < -0.39 is 0 Å². The average Bonchev–Trinajstić information content (AvgIpc) is 2.84. The van der Waals surface area contributed by atoms with Gasteiger partial charge in [0.25, 0.3) is 5.56 Å². The first kappa shape index (κ1) is 13.9. The lowest BCUT2D eigenvalue weighted by molar-refractivity contribution is 0.294. The Morgan fingerprint density at radius 3 is 2.67 bits per heavy atom. The van der Waals surface area contributed by atoms with Crippen molar-refractivity contribution >= 4 is 17.4 Å². The summed E-state index contributed by atoms with van der Waals surface area (Å²) in [6, 6.07) is 9.84. The molecule has 110 valence electrons. The van der Waals surface area contributed by atoms with Gasteiger partial charge in [-0.05, 0) is 24.5 Å². The molecule has 21 heavy (non-hydrogen) atoms. The van der Waals surface area contributed by atoms with E-state index in [1.807, 2.05) is 36.4 Å². The van der Waals surface area contributed by atoms with Crippen molar-refractivity contribution < 1.29 is 0 Å². The van der Waals surface area contributed by atoms with Crippen LogP contribution in [-0.4, -0.2) is 10.3 Å². The van der Waals surface area contributed by atoms with Crippen LogP contribution in [0.3, 0.4) is 0 Å². The van der Waals surface area contributed by atoms with E-state index in [0.29, 0.717) is 9.33 Å². The maximum Gasteiger partial charge on any atom is 0.289 e. The average molecular weight is 302 g/mol. The molecule has 0 aliphatic carbocycles.